The molecule has 1 amide bonds. The van der Waals surface area contributed by atoms with Crippen LogP contribution >= 0.6 is 11.3 Å². The van der Waals surface area contributed by atoms with Crippen molar-refractivity contribution in [3.63, 3.8) is 0 Å². The van der Waals surface area contributed by atoms with Crippen molar-refractivity contribution in [3.05, 3.63) is 21.9 Å². The lowest BCUT2D eigenvalue weighted by atomic mass is 9.97. The molecule has 0 aromatic carbocycles. The fourth-order valence-electron chi connectivity index (χ4n) is 3.46. The zero-order chi connectivity index (χ0) is 16.2. The molecule has 2 atom stereocenters. The number of ether oxygens (including phenoxy) is 1. The van der Waals surface area contributed by atoms with Gasteiger partial charge in [-0.05, 0) is 57.3 Å². The van der Waals surface area contributed by atoms with E-state index in [0.29, 0.717) is 11.8 Å². The third-order valence-electron chi connectivity index (χ3n) is 5.14. The summed E-state index contributed by atoms with van der Waals surface area (Å²) in [5.74, 6) is 1.60. The number of thiophene rings is 1. The van der Waals surface area contributed by atoms with Gasteiger partial charge in [-0.25, -0.2) is 0 Å². The van der Waals surface area contributed by atoms with E-state index in [4.69, 9.17) is 4.74 Å². The molecule has 1 N–H and O–H groups in total. The molecular weight excluding hydrogens is 308 g/mol. The number of hydrogen-bond acceptors (Lipinski definition) is 4. The number of nitrogens with zero attached hydrogens (tertiary/aromatic N) is 1. The molecule has 2 heterocycles. The van der Waals surface area contributed by atoms with Gasteiger partial charge in [0.05, 0.1) is 6.61 Å². The summed E-state index contributed by atoms with van der Waals surface area (Å²) in [5.41, 5.74) is 0. The van der Waals surface area contributed by atoms with Gasteiger partial charge in [-0.15, -0.1) is 11.3 Å². The van der Waals surface area contributed by atoms with Gasteiger partial charge in [0.15, 0.2) is 0 Å². The van der Waals surface area contributed by atoms with E-state index in [-0.39, 0.29) is 11.8 Å². The Balaban J connectivity index is 1.35. The maximum absolute atomic E-state index is 12.3. The second-order valence-corrected chi connectivity index (χ2v) is 8.24. The molecule has 0 unspecified atom stereocenters. The average molecular weight is 337 g/mol. The fourth-order valence-corrected chi connectivity index (χ4v) is 4.52. The molecule has 1 aliphatic carbocycles. The Bertz CT molecular complexity index is 523. The first-order valence-corrected chi connectivity index (χ1v) is 9.54. The number of carbonyl (C=O) groups excluding carboxylic acids is 1. The van der Waals surface area contributed by atoms with Crippen molar-refractivity contribution in [2.24, 2.45) is 11.8 Å². The zero-order valence-corrected chi connectivity index (χ0v) is 15.0. The molecular formula is C18H28N2O2S. The molecule has 2 aliphatic rings. The third-order valence-corrected chi connectivity index (χ3v) is 6.27. The lowest BCUT2D eigenvalue weighted by Gasteiger charge is -2.31. The number of nitrogens with one attached hydrogen (secondary N) is 1. The predicted octanol–water partition coefficient (Wildman–Crippen LogP) is 2.63. The number of likely N-dealkylation sites (tertiary alicyclic amines) is 1. The number of hydrogen-bond donors (Lipinski definition) is 1. The Morgan fingerprint density at radius 3 is 2.83 bits per heavy atom. The Morgan fingerprint density at radius 1 is 1.39 bits per heavy atom. The maximum atomic E-state index is 12.3. The molecule has 1 aliphatic heterocycles. The first-order valence-electron chi connectivity index (χ1n) is 8.72. The predicted molar refractivity (Wildman–Crippen MR) is 94.0 cm³/mol. The molecule has 1 aromatic rings. The largest absolute Gasteiger partial charge is 0.383 e. The Hall–Kier alpha value is -0.910. The number of amides is 1. The van der Waals surface area contributed by atoms with E-state index in [1.54, 1.807) is 7.11 Å². The molecule has 2 fully saturated rings. The second kappa shape index (κ2) is 7.77. The topological polar surface area (TPSA) is 41.6 Å². The summed E-state index contributed by atoms with van der Waals surface area (Å²) in [6, 6.07) is 4.35. The summed E-state index contributed by atoms with van der Waals surface area (Å²) >= 11 is 1.84. The fraction of sp³-hybridized carbons (Fsp3) is 0.722. The van der Waals surface area contributed by atoms with Crippen molar-refractivity contribution in [2.75, 3.05) is 39.9 Å². The van der Waals surface area contributed by atoms with Crippen LogP contribution in [0.3, 0.4) is 0 Å². The maximum Gasteiger partial charge on any atom is 0.223 e. The van der Waals surface area contributed by atoms with E-state index < -0.39 is 0 Å². The summed E-state index contributed by atoms with van der Waals surface area (Å²) < 4.78 is 5.13. The van der Waals surface area contributed by atoms with E-state index in [9.17, 15) is 4.79 Å². The lowest BCUT2D eigenvalue weighted by molar-refractivity contribution is -0.122. The number of piperidine rings is 1. The normalized spacial score (nSPS) is 25.5. The third kappa shape index (κ3) is 4.55. The highest BCUT2D eigenvalue weighted by Gasteiger charge is 2.44. The summed E-state index contributed by atoms with van der Waals surface area (Å²) in [4.78, 5) is 17.5. The van der Waals surface area contributed by atoms with Gasteiger partial charge in [0.2, 0.25) is 5.91 Å². The molecule has 1 aromatic heterocycles. The van der Waals surface area contributed by atoms with E-state index >= 15 is 0 Å². The number of methoxy groups -OCH3 is 1. The van der Waals surface area contributed by atoms with Crippen LogP contribution in [0.1, 0.15) is 34.9 Å². The van der Waals surface area contributed by atoms with Crippen LogP contribution in [0.15, 0.2) is 12.1 Å². The van der Waals surface area contributed by atoms with Crippen LogP contribution < -0.4 is 5.32 Å². The van der Waals surface area contributed by atoms with Gasteiger partial charge in [0, 0.05) is 41.8 Å². The molecule has 128 valence electrons. The van der Waals surface area contributed by atoms with Crippen LogP contribution in [-0.4, -0.2) is 50.7 Å². The van der Waals surface area contributed by atoms with Gasteiger partial charge < -0.3 is 15.0 Å². The van der Waals surface area contributed by atoms with Crippen molar-refractivity contribution in [1.82, 2.24) is 10.2 Å². The minimum atomic E-state index is 0.217. The first kappa shape index (κ1) is 16.9. The van der Waals surface area contributed by atoms with E-state index in [1.165, 1.54) is 22.6 Å². The minimum absolute atomic E-state index is 0.217. The van der Waals surface area contributed by atoms with E-state index in [0.717, 1.165) is 39.2 Å². The molecule has 1 saturated carbocycles. The average Bonchev–Trinajstić information content (AvgIpc) is 3.26. The van der Waals surface area contributed by atoms with Crippen LogP contribution in [-0.2, 0) is 9.53 Å². The Labute approximate surface area is 143 Å². The van der Waals surface area contributed by atoms with Crippen LogP contribution in [0.2, 0.25) is 0 Å². The van der Waals surface area contributed by atoms with Gasteiger partial charge in [0.1, 0.15) is 0 Å². The number of rotatable bonds is 7. The first-order chi connectivity index (χ1) is 11.2. The SMILES string of the molecule is COCCN1CCC(CNC(=O)[C@H]2C[C@@H]2c2ccc(C)s2)CC1. The van der Waals surface area contributed by atoms with Gasteiger partial charge in [-0.1, -0.05) is 0 Å². The van der Waals surface area contributed by atoms with Crippen molar-refractivity contribution >= 4 is 17.2 Å². The lowest BCUT2D eigenvalue weighted by Crippen LogP contribution is -2.40. The van der Waals surface area contributed by atoms with Gasteiger partial charge in [-0.2, -0.15) is 0 Å². The smallest absolute Gasteiger partial charge is 0.223 e. The molecule has 4 nitrogen and oxygen atoms in total. The van der Waals surface area contributed by atoms with Crippen LogP contribution in [0.5, 0.6) is 0 Å². The van der Waals surface area contributed by atoms with Gasteiger partial charge in [-0.3, -0.25) is 4.79 Å². The Morgan fingerprint density at radius 2 is 2.17 bits per heavy atom. The molecule has 1 saturated heterocycles. The zero-order valence-electron chi connectivity index (χ0n) is 14.2. The highest BCUT2D eigenvalue weighted by Crippen LogP contribution is 2.49. The number of aryl methyl sites for hydroxylation is 1. The van der Waals surface area contributed by atoms with E-state index in [2.05, 4.69) is 29.3 Å². The molecule has 0 radical (unpaired) electrons. The van der Waals surface area contributed by atoms with Crippen molar-refractivity contribution in [2.45, 2.75) is 32.1 Å². The summed E-state index contributed by atoms with van der Waals surface area (Å²) in [6.45, 7) is 7.08. The number of carbonyl (C=O) groups is 1. The standard InChI is InChI=1S/C18H28N2O2S/c1-13-3-4-17(23-13)15-11-16(15)18(21)19-12-14-5-7-20(8-6-14)9-10-22-2/h3-4,14-16H,5-12H2,1-2H3,(H,19,21)/t15-,16-/m0/s1. The highest BCUT2D eigenvalue weighted by molar-refractivity contribution is 7.12. The molecule has 0 bridgehead atoms. The van der Waals surface area contributed by atoms with Gasteiger partial charge >= 0.3 is 0 Å². The Kier molecular flexibility index (Phi) is 5.72. The monoisotopic (exact) mass is 336 g/mol. The highest BCUT2D eigenvalue weighted by atomic mass is 32.1. The molecule has 23 heavy (non-hydrogen) atoms. The van der Waals surface area contributed by atoms with E-state index in [1.807, 2.05) is 11.3 Å². The summed E-state index contributed by atoms with van der Waals surface area (Å²) in [7, 11) is 1.75. The van der Waals surface area contributed by atoms with Crippen molar-refractivity contribution < 1.29 is 9.53 Å². The molecule has 0 spiro atoms. The minimum Gasteiger partial charge on any atom is -0.383 e. The quantitative estimate of drug-likeness (QED) is 0.832. The van der Waals surface area contributed by atoms with Crippen LogP contribution in [0, 0.1) is 18.8 Å². The molecule has 5 heteroatoms. The summed E-state index contributed by atoms with van der Waals surface area (Å²) in [6.07, 6.45) is 3.39. The second-order valence-electron chi connectivity index (χ2n) is 6.92. The van der Waals surface area contributed by atoms with Crippen LogP contribution in [0.4, 0.5) is 0 Å². The van der Waals surface area contributed by atoms with Crippen molar-refractivity contribution in [3.8, 4) is 0 Å². The van der Waals surface area contributed by atoms with Crippen molar-refractivity contribution in [1.29, 1.82) is 0 Å². The van der Waals surface area contributed by atoms with Crippen LogP contribution in [0.25, 0.3) is 0 Å². The molecule has 3 rings (SSSR count). The summed E-state index contributed by atoms with van der Waals surface area (Å²) in [5, 5.41) is 3.20. The van der Waals surface area contributed by atoms with Gasteiger partial charge in [0.25, 0.3) is 0 Å².